The zero-order valence-electron chi connectivity index (χ0n) is 7.88. The highest BCUT2D eigenvalue weighted by Gasteiger charge is 2.33. The van der Waals surface area contributed by atoms with Crippen molar-refractivity contribution in [2.24, 2.45) is 0 Å². The largest absolute Gasteiger partial charge is 0.349 e. The minimum absolute atomic E-state index is 0.360. The Bertz CT molecular complexity index is 156. The van der Waals surface area contributed by atoms with Crippen molar-refractivity contribution in [3.05, 3.63) is 0 Å². The van der Waals surface area contributed by atoms with Gasteiger partial charge in [-0.15, -0.1) is 0 Å². The maximum atomic E-state index is 5.57. The van der Waals surface area contributed by atoms with Crippen molar-refractivity contribution >= 4 is 0 Å². The van der Waals surface area contributed by atoms with Crippen LogP contribution >= 0.6 is 0 Å². The van der Waals surface area contributed by atoms with Gasteiger partial charge in [0, 0.05) is 0 Å². The molecular weight excluding hydrogens is 154 g/mol. The molecule has 70 valence electrons. The second-order valence-corrected chi connectivity index (χ2v) is 4.07. The average Bonchev–Trinajstić information content (AvgIpc) is 1.89. The number of hydrogen-bond acceptors (Lipinski definition) is 3. The van der Waals surface area contributed by atoms with E-state index in [9.17, 15) is 0 Å². The topological polar surface area (TPSA) is 21.7 Å². The van der Waals surface area contributed by atoms with E-state index < -0.39 is 0 Å². The number of nitrogens with zero attached hydrogens (tertiary/aromatic N) is 1. The van der Waals surface area contributed by atoms with E-state index in [2.05, 4.69) is 4.90 Å². The van der Waals surface area contributed by atoms with Crippen LogP contribution in [0.2, 0.25) is 0 Å². The molecule has 2 rings (SSSR count). The molecule has 12 heavy (non-hydrogen) atoms. The van der Waals surface area contributed by atoms with Gasteiger partial charge in [-0.2, -0.15) is 0 Å². The standard InChI is InChI=1S/C9H17NO2/c1-9(2)11-6-8(7-12-9)10-4-3-5-10/h8H,3-7H2,1-2H3. The molecule has 3 nitrogen and oxygen atoms in total. The van der Waals surface area contributed by atoms with E-state index in [1.165, 1.54) is 19.5 Å². The molecule has 2 aliphatic rings. The lowest BCUT2D eigenvalue weighted by atomic mass is 10.1. The van der Waals surface area contributed by atoms with Crippen molar-refractivity contribution in [1.82, 2.24) is 4.90 Å². The van der Waals surface area contributed by atoms with Crippen LogP contribution in [-0.4, -0.2) is 43.0 Å². The Kier molecular flexibility index (Phi) is 2.10. The van der Waals surface area contributed by atoms with E-state index in [1.807, 2.05) is 13.8 Å². The van der Waals surface area contributed by atoms with Crippen molar-refractivity contribution in [2.75, 3.05) is 26.3 Å². The van der Waals surface area contributed by atoms with Gasteiger partial charge in [0.15, 0.2) is 5.79 Å². The molecular formula is C9H17NO2. The van der Waals surface area contributed by atoms with Crippen molar-refractivity contribution in [3.63, 3.8) is 0 Å². The van der Waals surface area contributed by atoms with Crippen LogP contribution in [0.25, 0.3) is 0 Å². The first-order valence-corrected chi connectivity index (χ1v) is 4.69. The fourth-order valence-electron chi connectivity index (χ4n) is 1.60. The third-order valence-electron chi connectivity index (χ3n) is 2.65. The van der Waals surface area contributed by atoms with E-state index in [0.717, 1.165) is 13.2 Å². The normalized spacial score (nSPS) is 31.5. The van der Waals surface area contributed by atoms with E-state index in [-0.39, 0.29) is 5.79 Å². The van der Waals surface area contributed by atoms with Crippen molar-refractivity contribution < 1.29 is 9.47 Å². The van der Waals surface area contributed by atoms with Crippen molar-refractivity contribution in [2.45, 2.75) is 32.1 Å². The predicted molar refractivity (Wildman–Crippen MR) is 46.0 cm³/mol. The Morgan fingerprint density at radius 3 is 2.17 bits per heavy atom. The van der Waals surface area contributed by atoms with Gasteiger partial charge in [-0.3, -0.25) is 4.90 Å². The monoisotopic (exact) mass is 171 g/mol. The average molecular weight is 171 g/mol. The van der Waals surface area contributed by atoms with Gasteiger partial charge in [0.1, 0.15) is 0 Å². The third-order valence-corrected chi connectivity index (χ3v) is 2.65. The van der Waals surface area contributed by atoms with Gasteiger partial charge in [0.25, 0.3) is 0 Å². The van der Waals surface area contributed by atoms with Crippen LogP contribution in [-0.2, 0) is 9.47 Å². The highest BCUT2D eigenvalue weighted by molar-refractivity contribution is 4.81. The van der Waals surface area contributed by atoms with Crippen LogP contribution in [0, 0.1) is 0 Å². The molecule has 3 heteroatoms. The van der Waals surface area contributed by atoms with E-state index in [1.54, 1.807) is 0 Å². The molecule has 0 N–H and O–H groups in total. The maximum absolute atomic E-state index is 5.57. The molecule has 0 aromatic carbocycles. The molecule has 0 atom stereocenters. The summed E-state index contributed by atoms with van der Waals surface area (Å²) >= 11 is 0. The summed E-state index contributed by atoms with van der Waals surface area (Å²) < 4.78 is 11.1. The van der Waals surface area contributed by atoms with Gasteiger partial charge in [0.2, 0.25) is 0 Å². The highest BCUT2D eigenvalue weighted by atomic mass is 16.7. The SMILES string of the molecule is CC1(C)OCC(N2CCC2)CO1. The van der Waals surface area contributed by atoms with Crippen molar-refractivity contribution in [1.29, 1.82) is 0 Å². The minimum atomic E-state index is -0.360. The molecule has 2 saturated heterocycles. The minimum Gasteiger partial charge on any atom is -0.349 e. The summed E-state index contributed by atoms with van der Waals surface area (Å²) in [5.74, 6) is -0.360. The zero-order valence-corrected chi connectivity index (χ0v) is 7.88. The number of rotatable bonds is 1. The van der Waals surface area contributed by atoms with Crippen LogP contribution in [0.4, 0.5) is 0 Å². The summed E-state index contributed by atoms with van der Waals surface area (Å²) in [5, 5.41) is 0. The molecule has 0 aliphatic carbocycles. The molecule has 0 saturated carbocycles. The quantitative estimate of drug-likeness (QED) is 0.583. The molecule has 2 aliphatic heterocycles. The molecule has 0 aromatic rings. The second-order valence-electron chi connectivity index (χ2n) is 4.07. The third kappa shape index (κ3) is 1.63. The Labute approximate surface area is 73.6 Å². The van der Waals surface area contributed by atoms with Crippen molar-refractivity contribution in [3.8, 4) is 0 Å². The second kappa shape index (κ2) is 2.98. The maximum Gasteiger partial charge on any atom is 0.162 e. The first-order valence-electron chi connectivity index (χ1n) is 4.69. The Balaban J connectivity index is 1.81. The number of likely N-dealkylation sites (tertiary alicyclic amines) is 1. The summed E-state index contributed by atoms with van der Waals surface area (Å²) in [6.07, 6.45) is 1.33. The predicted octanol–water partition coefficient (Wildman–Crippen LogP) is 0.844. The van der Waals surface area contributed by atoms with E-state index in [0.29, 0.717) is 6.04 Å². The molecule has 0 aromatic heterocycles. The van der Waals surface area contributed by atoms with Gasteiger partial charge in [-0.05, 0) is 33.4 Å². The molecule has 2 heterocycles. The van der Waals surface area contributed by atoms with Crippen LogP contribution in [0.3, 0.4) is 0 Å². The number of hydrogen-bond donors (Lipinski definition) is 0. The van der Waals surface area contributed by atoms with Gasteiger partial charge >= 0.3 is 0 Å². The van der Waals surface area contributed by atoms with E-state index >= 15 is 0 Å². The molecule has 0 bridgehead atoms. The Morgan fingerprint density at radius 1 is 1.17 bits per heavy atom. The van der Waals surface area contributed by atoms with Crippen LogP contribution in [0.1, 0.15) is 20.3 Å². The summed E-state index contributed by atoms with van der Waals surface area (Å²) in [7, 11) is 0. The number of ether oxygens (including phenoxy) is 2. The molecule has 0 amide bonds. The lowest BCUT2D eigenvalue weighted by Gasteiger charge is -2.43. The zero-order chi connectivity index (χ0) is 8.60. The molecule has 2 fully saturated rings. The van der Waals surface area contributed by atoms with Crippen LogP contribution in [0.5, 0.6) is 0 Å². The Hall–Kier alpha value is -0.120. The highest BCUT2D eigenvalue weighted by Crippen LogP contribution is 2.22. The Morgan fingerprint density at radius 2 is 1.75 bits per heavy atom. The lowest BCUT2D eigenvalue weighted by molar-refractivity contribution is -0.266. The summed E-state index contributed by atoms with van der Waals surface area (Å²) in [5.41, 5.74) is 0. The first kappa shape index (κ1) is 8.48. The van der Waals surface area contributed by atoms with Crippen LogP contribution < -0.4 is 0 Å². The van der Waals surface area contributed by atoms with Gasteiger partial charge in [-0.1, -0.05) is 0 Å². The summed E-state index contributed by atoms with van der Waals surface area (Å²) in [6, 6.07) is 0.506. The molecule has 0 spiro atoms. The lowest BCUT2D eigenvalue weighted by Crippen LogP contribution is -2.54. The summed E-state index contributed by atoms with van der Waals surface area (Å²) in [6.45, 7) is 8.04. The fourth-order valence-corrected chi connectivity index (χ4v) is 1.60. The van der Waals surface area contributed by atoms with Crippen LogP contribution in [0.15, 0.2) is 0 Å². The van der Waals surface area contributed by atoms with E-state index in [4.69, 9.17) is 9.47 Å². The first-order chi connectivity index (χ1) is 5.67. The van der Waals surface area contributed by atoms with Gasteiger partial charge in [-0.25, -0.2) is 0 Å². The van der Waals surface area contributed by atoms with Gasteiger partial charge < -0.3 is 9.47 Å². The summed E-state index contributed by atoms with van der Waals surface area (Å²) in [4.78, 5) is 2.43. The molecule has 0 radical (unpaired) electrons. The van der Waals surface area contributed by atoms with Gasteiger partial charge in [0.05, 0.1) is 19.3 Å². The molecule has 0 unspecified atom stereocenters. The fraction of sp³-hybridized carbons (Fsp3) is 1.00. The smallest absolute Gasteiger partial charge is 0.162 e.